The zero-order chi connectivity index (χ0) is 12.8. The standard InChI is InChI=1S/C12H15ClN2OS/c1-3-8(2)14-12(17)15-11(16)9-6-4-5-7-10(9)13/h4-8H,3H2,1-2H3,(H2,14,15,16,17). The van der Waals surface area contributed by atoms with Gasteiger partial charge in [-0.3, -0.25) is 10.1 Å². The van der Waals surface area contributed by atoms with Crippen molar-refractivity contribution in [1.82, 2.24) is 10.6 Å². The maximum absolute atomic E-state index is 11.8. The van der Waals surface area contributed by atoms with Gasteiger partial charge in [-0.15, -0.1) is 0 Å². The number of carbonyl (C=O) groups is 1. The molecule has 0 spiro atoms. The second kappa shape index (κ2) is 6.57. The number of halogens is 1. The van der Waals surface area contributed by atoms with Gasteiger partial charge in [-0.05, 0) is 37.7 Å². The summed E-state index contributed by atoms with van der Waals surface area (Å²) < 4.78 is 0. The van der Waals surface area contributed by atoms with Crippen molar-refractivity contribution in [2.45, 2.75) is 26.3 Å². The molecule has 0 saturated carbocycles. The fraction of sp³-hybridized carbons (Fsp3) is 0.333. The Bertz CT molecular complexity index is 423. The van der Waals surface area contributed by atoms with Gasteiger partial charge in [0.2, 0.25) is 0 Å². The van der Waals surface area contributed by atoms with Crippen molar-refractivity contribution in [3.05, 3.63) is 34.9 Å². The summed E-state index contributed by atoms with van der Waals surface area (Å²) in [6.07, 6.45) is 0.933. The van der Waals surface area contributed by atoms with Gasteiger partial charge in [-0.25, -0.2) is 0 Å². The van der Waals surface area contributed by atoms with Crippen LogP contribution >= 0.6 is 23.8 Å². The summed E-state index contributed by atoms with van der Waals surface area (Å²) in [5.41, 5.74) is 0.419. The average Bonchev–Trinajstić information content (AvgIpc) is 2.29. The van der Waals surface area contributed by atoms with Gasteiger partial charge < -0.3 is 5.32 Å². The van der Waals surface area contributed by atoms with Crippen LogP contribution < -0.4 is 10.6 Å². The number of hydrogen-bond donors (Lipinski definition) is 2. The minimum atomic E-state index is -0.295. The SMILES string of the molecule is CCC(C)NC(=S)NC(=O)c1ccccc1Cl. The predicted molar refractivity (Wildman–Crippen MR) is 74.4 cm³/mol. The Labute approximate surface area is 112 Å². The van der Waals surface area contributed by atoms with Crippen LogP contribution in [-0.4, -0.2) is 17.1 Å². The molecule has 1 aromatic rings. The number of hydrogen-bond acceptors (Lipinski definition) is 2. The highest BCUT2D eigenvalue weighted by molar-refractivity contribution is 7.80. The number of rotatable bonds is 3. The van der Waals surface area contributed by atoms with E-state index in [1.165, 1.54) is 0 Å². The van der Waals surface area contributed by atoms with E-state index in [1.807, 2.05) is 13.8 Å². The molecule has 1 rings (SSSR count). The first-order valence-electron chi connectivity index (χ1n) is 5.41. The van der Waals surface area contributed by atoms with Gasteiger partial charge in [0, 0.05) is 6.04 Å². The highest BCUT2D eigenvalue weighted by Crippen LogP contribution is 2.14. The van der Waals surface area contributed by atoms with Crippen LogP contribution in [0.15, 0.2) is 24.3 Å². The van der Waals surface area contributed by atoms with Gasteiger partial charge in [-0.2, -0.15) is 0 Å². The van der Waals surface area contributed by atoms with E-state index in [4.69, 9.17) is 23.8 Å². The third kappa shape index (κ3) is 4.32. The quantitative estimate of drug-likeness (QED) is 0.830. The number of nitrogens with one attached hydrogen (secondary N) is 2. The van der Waals surface area contributed by atoms with Crippen molar-refractivity contribution < 1.29 is 4.79 Å². The van der Waals surface area contributed by atoms with Crippen LogP contribution in [0.3, 0.4) is 0 Å². The van der Waals surface area contributed by atoms with E-state index < -0.39 is 0 Å². The van der Waals surface area contributed by atoms with Crippen molar-refractivity contribution in [1.29, 1.82) is 0 Å². The van der Waals surface area contributed by atoms with Crippen LogP contribution in [0.1, 0.15) is 30.6 Å². The molecule has 1 unspecified atom stereocenters. The Morgan fingerprint density at radius 2 is 2.12 bits per heavy atom. The van der Waals surface area contributed by atoms with Gasteiger partial charge in [0.15, 0.2) is 5.11 Å². The lowest BCUT2D eigenvalue weighted by Crippen LogP contribution is -2.43. The number of thiocarbonyl (C=S) groups is 1. The second-order valence-corrected chi connectivity index (χ2v) is 4.53. The van der Waals surface area contributed by atoms with E-state index in [0.29, 0.717) is 15.7 Å². The minimum Gasteiger partial charge on any atom is -0.360 e. The molecule has 0 aliphatic heterocycles. The Balaban J connectivity index is 2.61. The van der Waals surface area contributed by atoms with E-state index in [2.05, 4.69) is 10.6 Å². The molecule has 0 aromatic heterocycles. The van der Waals surface area contributed by atoms with E-state index in [-0.39, 0.29) is 11.9 Å². The Hall–Kier alpha value is -1.13. The molecule has 0 radical (unpaired) electrons. The summed E-state index contributed by atoms with van der Waals surface area (Å²) in [5.74, 6) is -0.295. The zero-order valence-corrected chi connectivity index (χ0v) is 11.4. The van der Waals surface area contributed by atoms with Gasteiger partial charge in [-0.1, -0.05) is 30.7 Å². The monoisotopic (exact) mass is 270 g/mol. The molecule has 3 nitrogen and oxygen atoms in total. The summed E-state index contributed by atoms with van der Waals surface area (Å²) in [4.78, 5) is 11.8. The maximum Gasteiger partial charge on any atom is 0.258 e. The van der Waals surface area contributed by atoms with Gasteiger partial charge in [0.05, 0.1) is 10.6 Å². The summed E-state index contributed by atoms with van der Waals surface area (Å²) in [6, 6.07) is 7.08. The lowest BCUT2D eigenvalue weighted by molar-refractivity contribution is 0.0976. The van der Waals surface area contributed by atoms with Crippen LogP contribution in [-0.2, 0) is 0 Å². The van der Waals surface area contributed by atoms with Crippen molar-refractivity contribution in [2.24, 2.45) is 0 Å². The van der Waals surface area contributed by atoms with Crippen LogP contribution in [0.25, 0.3) is 0 Å². The molecule has 1 aromatic carbocycles. The molecule has 0 fully saturated rings. The predicted octanol–water partition coefficient (Wildman–Crippen LogP) is 2.74. The van der Waals surface area contributed by atoms with Gasteiger partial charge >= 0.3 is 0 Å². The summed E-state index contributed by atoms with van der Waals surface area (Å²) in [5, 5.41) is 6.34. The van der Waals surface area contributed by atoms with E-state index in [9.17, 15) is 4.79 Å². The number of benzene rings is 1. The molecular weight excluding hydrogens is 256 g/mol. The molecule has 2 N–H and O–H groups in total. The molecule has 17 heavy (non-hydrogen) atoms. The number of amides is 1. The largest absolute Gasteiger partial charge is 0.360 e. The first-order valence-corrected chi connectivity index (χ1v) is 6.19. The van der Waals surface area contributed by atoms with E-state index in [1.54, 1.807) is 24.3 Å². The molecule has 0 bridgehead atoms. The molecular formula is C12H15ClN2OS. The topological polar surface area (TPSA) is 41.1 Å². The highest BCUT2D eigenvalue weighted by atomic mass is 35.5. The van der Waals surface area contributed by atoms with Crippen LogP contribution in [0.4, 0.5) is 0 Å². The van der Waals surface area contributed by atoms with E-state index in [0.717, 1.165) is 6.42 Å². The highest BCUT2D eigenvalue weighted by Gasteiger charge is 2.11. The lowest BCUT2D eigenvalue weighted by atomic mass is 10.2. The van der Waals surface area contributed by atoms with Gasteiger partial charge in [0.25, 0.3) is 5.91 Å². The second-order valence-electron chi connectivity index (χ2n) is 3.72. The first-order chi connectivity index (χ1) is 8.04. The molecule has 0 heterocycles. The Kier molecular flexibility index (Phi) is 5.38. The van der Waals surface area contributed by atoms with Crippen LogP contribution in [0.2, 0.25) is 5.02 Å². The van der Waals surface area contributed by atoms with E-state index >= 15 is 0 Å². The summed E-state index contributed by atoms with van der Waals surface area (Å²) in [6.45, 7) is 4.03. The summed E-state index contributed by atoms with van der Waals surface area (Å²) >= 11 is 10.9. The molecule has 0 saturated heterocycles. The first kappa shape index (κ1) is 13.9. The summed E-state index contributed by atoms with van der Waals surface area (Å²) in [7, 11) is 0. The molecule has 0 aliphatic rings. The lowest BCUT2D eigenvalue weighted by Gasteiger charge is -2.14. The smallest absolute Gasteiger partial charge is 0.258 e. The third-order valence-electron chi connectivity index (χ3n) is 2.34. The Morgan fingerprint density at radius 3 is 2.71 bits per heavy atom. The fourth-order valence-electron chi connectivity index (χ4n) is 1.18. The van der Waals surface area contributed by atoms with Crippen molar-refractivity contribution in [2.75, 3.05) is 0 Å². The molecule has 1 amide bonds. The number of carbonyl (C=O) groups excluding carboxylic acids is 1. The van der Waals surface area contributed by atoms with Gasteiger partial charge in [0.1, 0.15) is 0 Å². The molecule has 0 aliphatic carbocycles. The normalized spacial score (nSPS) is 11.7. The molecule has 5 heteroatoms. The van der Waals surface area contributed by atoms with Crippen molar-refractivity contribution >= 4 is 34.8 Å². The Morgan fingerprint density at radius 1 is 1.47 bits per heavy atom. The fourth-order valence-corrected chi connectivity index (χ4v) is 1.69. The van der Waals surface area contributed by atoms with Crippen molar-refractivity contribution in [3.8, 4) is 0 Å². The van der Waals surface area contributed by atoms with Crippen LogP contribution in [0.5, 0.6) is 0 Å². The molecule has 92 valence electrons. The third-order valence-corrected chi connectivity index (χ3v) is 2.88. The van der Waals surface area contributed by atoms with Crippen molar-refractivity contribution in [3.63, 3.8) is 0 Å². The maximum atomic E-state index is 11.8. The molecule has 1 atom stereocenters. The minimum absolute atomic E-state index is 0.231. The zero-order valence-electron chi connectivity index (χ0n) is 9.79. The average molecular weight is 271 g/mol. The van der Waals surface area contributed by atoms with Crippen LogP contribution in [0, 0.1) is 0 Å².